The summed E-state index contributed by atoms with van der Waals surface area (Å²) < 4.78 is 0. The van der Waals surface area contributed by atoms with Gasteiger partial charge in [0.25, 0.3) is 5.91 Å². The van der Waals surface area contributed by atoms with Crippen molar-refractivity contribution in [3.63, 3.8) is 0 Å². The van der Waals surface area contributed by atoms with E-state index in [-0.39, 0.29) is 11.9 Å². The van der Waals surface area contributed by atoms with Crippen molar-refractivity contribution in [3.05, 3.63) is 95.1 Å². The maximum Gasteiger partial charge on any atom is 0.324 e. The van der Waals surface area contributed by atoms with Crippen LogP contribution in [0.2, 0.25) is 0 Å². The third kappa shape index (κ3) is 4.77. The number of urea groups is 1. The van der Waals surface area contributed by atoms with Crippen LogP contribution in [0.3, 0.4) is 0 Å². The number of aryl methyl sites for hydroxylation is 2. The smallest absolute Gasteiger partial charge is 0.322 e. The van der Waals surface area contributed by atoms with Gasteiger partial charge in [-0.25, -0.2) is 4.79 Å². The highest BCUT2D eigenvalue weighted by Gasteiger charge is 2.27. The van der Waals surface area contributed by atoms with E-state index in [4.69, 9.17) is 0 Å². The Hall–Kier alpha value is -3.60. The predicted octanol–water partition coefficient (Wildman–Crippen LogP) is 5.39. The van der Waals surface area contributed by atoms with E-state index in [1.54, 1.807) is 17.0 Å². The van der Waals surface area contributed by atoms with Crippen LogP contribution in [0.4, 0.5) is 16.2 Å². The predicted molar refractivity (Wildman–Crippen MR) is 125 cm³/mol. The summed E-state index contributed by atoms with van der Waals surface area (Å²) in [5, 5.41) is 2.92. The number of hydrogen-bond acceptors (Lipinski definition) is 2. The molecule has 0 saturated carbocycles. The fourth-order valence-corrected chi connectivity index (χ4v) is 3.88. The van der Waals surface area contributed by atoms with Gasteiger partial charge in [-0.1, -0.05) is 36.4 Å². The summed E-state index contributed by atoms with van der Waals surface area (Å²) in [5.74, 6) is -0.164. The average Bonchev–Trinajstić information content (AvgIpc) is 2.77. The Bertz CT molecular complexity index is 1090. The van der Waals surface area contributed by atoms with E-state index in [1.165, 1.54) is 11.1 Å². The Kier molecular flexibility index (Phi) is 6.03. The maximum absolute atomic E-state index is 13.1. The molecule has 1 aliphatic heterocycles. The van der Waals surface area contributed by atoms with E-state index in [9.17, 15) is 9.59 Å². The highest BCUT2D eigenvalue weighted by Crippen LogP contribution is 2.23. The second-order valence-electron chi connectivity index (χ2n) is 8.01. The number of anilines is 2. The second kappa shape index (κ2) is 9.04. The number of amides is 3. The van der Waals surface area contributed by atoms with Crippen LogP contribution in [-0.2, 0) is 6.54 Å². The monoisotopic (exact) mass is 413 g/mol. The zero-order valence-corrected chi connectivity index (χ0v) is 18.0. The number of nitrogens with one attached hydrogen (secondary N) is 1. The molecule has 0 radical (unpaired) electrons. The van der Waals surface area contributed by atoms with Crippen LogP contribution in [-0.4, -0.2) is 29.9 Å². The lowest BCUT2D eigenvalue weighted by Gasteiger charge is -2.36. The summed E-state index contributed by atoms with van der Waals surface area (Å²) in [4.78, 5) is 29.4. The van der Waals surface area contributed by atoms with Crippen LogP contribution in [0.25, 0.3) is 0 Å². The fraction of sp³-hybridized carbons (Fsp3) is 0.231. The summed E-state index contributed by atoms with van der Waals surface area (Å²) in [6.07, 6.45) is 0.910. The molecule has 1 heterocycles. The summed E-state index contributed by atoms with van der Waals surface area (Å²) in [6, 6.07) is 23.1. The van der Waals surface area contributed by atoms with Gasteiger partial charge in [-0.3, -0.25) is 9.69 Å². The molecule has 158 valence electrons. The van der Waals surface area contributed by atoms with E-state index in [0.29, 0.717) is 18.7 Å². The van der Waals surface area contributed by atoms with Gasteiger partial charge in [0.15, 0.2) is 0 Å². The Morgan fingerprint density at radius 2 is 1.71 bits per heavy atom. The molecule has 0 unspecified atom stereocenters. The van der Waals surface area contributed by atoms with Crippen LogP contribution < -0.4 is 10.2 Å². The molecule has 0 spiro atoms. The van der Waals surface area contributed by atoms with Crippen molar-refractivity contribution < 1.29 is 9.59 Å². The molecule has 1 fully saturated rings. The third-order valence-electron chi connectivity index (χ3n) is 5.65. The normalized spacial score (nSPS) is 13.9. The van der Waals surface area contributed by atoms with Crippen molar-refractivity contribution >= 4 is 23.3 Å². The second-order valence-corrected chi connectivity index (χ2v) is 8.01. The molecule has 1 N–H and O–H groups in total. The number of benzene rings is 3. The Labute approximate surface area is 183 Å². The van der Waals surface area contributed by atoms with Gasteiger partial charge in [0.1, 0.15) is 0 Å². The topological polar surface area (TPSA) is 52.7 Å². The molecular formula is C26H27N3O2. The molecule has 1 aliphatic rings. The zero-order valence-electron chi connectivity index (χ0n) is 18.0. The summed E-state index contributed by atoms with van der Waals surface area (Å²) >= 11 is 0. The van der Waals surface area contributed by atoms with Gasteiger partial charge in [0.05, 0.1) is 0 Å². The molecule has 0 atom stereocenters. The van der Waals surface area contributed by atoms with E-state index in [2.05, 4.69) is 24.4 Å². The minimum absolute atomic E-state index is 0.00599. The average molecular weight is 414 g/mol. The maximum atomic E-state index is 13.1. The number of nitrogens with zero attached hydrogens (tertiary/aromatic N) is 2. The minimum atomic E-state index is -0.164. The van der Waals surface area contributed by atoms with Crippen LogP contribution in [0.5, 0.6) is 0 Å². The van der Waals surface area contributed by atoms with Crippen molar-refractivity contribution in [1.29, 1.82) is 0 Å². The van der Waals surface area contributed by atoms with Gasteiger partial charge in [-0.15, -0.1) is 0 Å². The quantitative estimate of drug-likeness (QED) is 0.610. The molecule has 0 bridgehead atoms. The molecular weight excluding hydrogens is 386 g/mol. The molecule has 0 aromatic heterocycles. The Morgan fingerprint density at radius 3 is 2.45 bits per heavy atom. The lowest BCUT2D eigenvalue weighted by atomic mass is 10.1. The van der Waals surface area contributed by atoms with Crippen molar-refractivity contribution in [1.82, 2.24) is 4.90 Å². The standard InChI is InChI=1S/C26H27N3O2/c1-19-7-5-10-23(17-19)27-25(30)21-11-13-24(14-12-21)29-16-6-15-28(26(29)31)18-22-9-4-3-8-20(22)2/h3-5,7-14,17H,6,15-16,18H2,1-2H3,(H,27,30). The Morgan fingerprint density at radius 1 is 0.935 bits per heavy atom. The number of carbonyl (C=O) groups is 2. The molecule has 31 heavy (non-hydrogen) atoms. The van der Waals surface area contributed by atoms with E-state index >= 15 is 0 Å². The summed E-state index contributed by atoms with van der Waals surface area (Å²) in [5.41, 5.74) is 5.59. The van der Waals surface area contributed by atoms with Gasteiger partial charge >= 0.3 is 6.03 Å². The zero-order chi connectivity index (χ0) is 21.8. The Balaban J connectivity index is 1.45. The lowest BCUT2D eigenvalue weighted by Crippen LogP contribution is -2.49. The van der Waals surface area contributed by atoms with Crippen LogP contribution in [0.15, 0.2) is 72.8 Å². The largest absolute Gasteiger partial charge is 0.324 e. The fourth-order valence-electron chi connectivity index (χ4n) is 3.88. The number of carbonyl (C=O) groups excluding carboxylic acids is 2. The molecule has 3 aromatic rings. The van der Waals surface area contributed by atoms with E-state index in [0.717, 1.165) is 29.9 Å². The first kappa shape index (κ1) is 20.7. The highest BCUT2D eigenvalue weighted by atomic mass is 16.2. The van der Waals surface area contributed by atoms with Gasteiger partial charge in [-0.2, -0.15) is 0 Å². The minimum Gasteiger partial charge on any atom is -0.322 e. The van der Waals surface area contributed by atoms with E-state index < -0.39 is 0 Å². The summed E-state index contributed by atoms with van der Waals surface area (Å²) in [6.45, 7) is 6.10. The first-order valence-corrected chi connectivity index (χ1v) is 10.6. The molecule has 5 nitrogen and oxygen atoms in total. The highest BCUT2D eigenvalue weighted by molar-refractivity contribution is 6.04. The summed E-state index contributed by atoms with van der Waals surface area (Å²) in [7, 11) is 0. The molecule has 1 saturated heterocycles. The first-order chi connectivity index (χ1) is 15.0. The van der Waals surface area contributed by atoms with Crippen molar-refractivity contribution in [2.45, 2.75) is 26.8 Å². The van der Waals surface area contributed by atoms with Crippen molar-refractivity contribution in [2.24, 2.45) is 0 Å². The van der Waals surface area contributed by atoms with Gasteiger partial charge in [-0.05, 0) is 73.4 Å². The number of rotatable bonds is 5. The molecule has 5 heteroatoms. The lowest BCUT2D eigenvalue weighted by molar-refractivity contribution is 0.102. The van der Waals surface area contributed by atoms with Gasteiger partial charge in [0, 0.05) is 36.6 Å². The molecule has 4 rings (SSSR count). The van der Waals surface area contributed by atoms with Crippen molar-refractivity contribution in [2.75, 3.05) is 23.3 Å². The van der Waals surface area contributed by atoms with Gasteiger partial charge in [0.2, 0.25) is 0 Å². The van der Waals surface area contributed by atoms with Gasteiger partial charge < -0.3 is 10.2 Å². The molecule has 0 aliphatic carbocycles. The van der Waals surface area contributed by atoms with Crippen LogP contribution >= 0.6 is 0 Å². The van der Waals surface area contributed by atoms with Crippen molar-refractivity contribution in [3.8, 4) is 0 Å². The number of hydrogen-bond donors (Lipinski definition) is 1. The van der Waals surface area contributed by atoms with E-state index in [1.807, 2.05) is 60.4 Å². The molecule has 3 aromatic carbocycles. The third-order valence-corrected chi connectivity index (χ3v) is 5.65. The van der Waals surface area contributed by atoms with Crippen LogP contribution in [0, 0.1) is 13.8 Å². The first-order valence-electron chi connectivity index (χ1n) is 10.6. The molecule has 3 amide bonds. The van der Waals surface area contributed by atoms with Crippen LogP contribution in [0.1, 0.15) is 33.5 Å². The SMILES string of the molecule is Cc1cccc(NC(=O)c2ccc(N3CCCN(Cc4ccccc4C)C3=O)cc2)c1.